The highest BCUT2D eigenvalue weighted by Gasteiger charge is 2.14. The van der Waals surface area contributed by atoms with Crippen molar-refractivity contribution in [1.82, 2.24) is 24.1 Å². The first-order chi connectivity index (χ1) is 9.75. The number of fused-ring (bicyclic) bond motifs is 3. The number of hydrogen-bond donors (Lipinski definition) is 1. The van der Waals surface area contributed by atoms with Crippen molar-refractivity contribution in [1.29, 1.82) is 0 Å². The van der Waals surface area contributed by atoms with Crippen LogP contribution in [0, 0.1) is 0 Å². The van der Waals surface area contributed by atoms with Gasteiger partial charge in [0.1, 0.15) is 5.65 Å². The minimum atomic E-state index is -0.218. The molecule has 3 aromatic heterocycles. The summed E-state index contributed by atoms with van der Waals surface area (Å²) in [5.74, 6) is 0.552. The van der Waals surface area contributed by atoms with Crippen molar-refractivity contribution >= 4 is 16.7 Å². The number of nitrogens with zero attached hydrogens (tertiary/aromatic N) is 4. The van der Waals surface area contributed by atoms with Gasteiger partial charge >= 0.3 is 5.69 Å². The fourth-order valence-electron chi connectivity index (χ4n) is 2.39. The highest BCUT2D eigenvalue weighted by atomic mass is 16.2. The van der Waals surface area contributed by atoms with Gasteiger partial charge in [-0.3, -0.25) is 4.57 Å². The van der Waals surface area contributed by atoms with Crippen LogP contribution in [0.3, 0.4) is 0 Å². The van der Waals surface area contributed by atoms with E-state index in [1.54, 1.807) is 13.2 Å². The second-order valence-electron chi connectivity index (χ2n) is 4.62. The van der Waals surface area contributed by atoms with Crippen LogP contribution in [0.15, 0.2) is 47.4 Å². The maximum Gasteiger partial charge on any atom is 0.352 e. The molecule has 6 nitrogen and oxygen atoms in total. The van der Waals surface area contributed by atoms with Gasteiger partial charge in [0, 0.05) is 18.8 Å². The molecule has 0 saturated carbocycles. The average Bonchev–Trinajstić information content (AvgIpc) is 3.12. The number of hydrogen-bond acceptors (Lipinski definition) is 3. The van der Waals surface area contributed by atoms with Gasteiger partial charge in [0.15, 0.2) is 11.5 Å². The first-order valence-corrected chi connectivity index (χ1v) is 6.24. The Hall–Kier alpha value is -2.89. The Labute approximate surface area is 113 Å². The van der Waals surface area contributed by atoms with Crippen LogP contribution in [0.25, 0.3) is 28.1 Å². The second kappa shape index (κ2) is 3.80. The van der Waals surface area contributed by atoms with Crippen LogP contribution in [0.2, 0.25) is 0 Å². The van der Waals surface area contributed by atoms with E-state index >= 15 is 0 Å². The van der Waals surface area contributed by atoms with Gasteiger partial charge in [-0.1, -0.05) is 30.3 Å². The SMILES string of the molecule is Cn1c(=O)n2nc(-c3ccccc3)nc2c2cc[nH]c21. The summed E-state index contributed by atoms with van der Waals surface area (Å²) in [7, 11) is 1.71. The quantitative estimate of drug-likeness (QED) is 0.568. The van der Waals surface area contributed by atoms with E-state index in [1.165, 1.54) is 9.08 Å². The summed E-state index contributed by atoms with van der Waals surface area (Å²) in [6.45, 7) is 0. The molecule has 0 atom stereocenters. The van der Waals surface area contributed by atoms with Crippen molar-refractivity contribution in [3.8, 4) is 11.4 Å². The minimum absolute atomic E-state index is 0.218. The van der Waals surface area contributed by atoms with Crippen LogP contribution < -0.4 is 5.69 Å². The van der Waals surface area contributed by atoms with Crippen molar-refractivity contribution < 1.29 is 0 Å². The van der Waals surface area contributed by atoms with Crippen molar-refractivity contribution in [2.45, 2.75) is 0 Å². The Balaban J connectivity index is 2.14. The number of nitrogens with one attached hydrogen (secondary N) is 1. The van der Waals surface area contributed by atoms with Gasteiger partial charge < -0.3 is 4.98 Å². The third-order valence-electron chi connectivity index (χ3n) is 3.41. The lowest BCUT2D eigenvalue weighted by molar-refractivity contribution is 0.767. The van der Waals surface area contributed by atoms with E-state index in [-0.39, 0.29) is 5.69 Å². The molecule has 0 radical (unpaired) electrons. The molecule has 4 aromatic rings. The Kier molecular flexibility index (Phi) is 2.09. The standard InChI is InChI=1S/C14H11N5O/c1-18-12-10(7-8-15-12)13-16-11(17-19(13)14(18)20)9-5-3-2-4-6-9/h2-8,15H,1H3. The van der Waals surface area contributed by atoms with E-state index in [9.17, 15) is 4.79 Å². The second-order valence-corrected chi connectivity index (χ2v) is 4.62. The van der Waals surface area contributed by atoms with Crippen molar-refractivity contribution in [3.05, 3.63) is 53.1 Å². The molecule has 6 heteroatoms. The van der Waals surface area contributed by atoms with E-state index < -0.39 is 0 Å². The van der Waals surface area contributed by atoms with Crippen molar-refractivity contribution in [3.63, 3.8) is 0 Å². The van der Waals surface area contributed by atoms with E-state index in [4.69, 9.17) is 0 Å². The van der Waals surface area contributed by atoms with E-state index in [2.05, 4.69) is 15.1 Å². The van der Waals surface area contributed by atoms with Crippen LogP contribution >= 0.6 is 0 Å². The number of H-pyrrole nitrogens is 1. The van der Waals surface area contributed by atoms with Gasteiger partial charge in [0.25, 0.3) is 0 Å². The molecule has 3 heterocycles. The van der Waals surface area contributed by atoms with Crippen LogP contribution in [-0.4, -0.2) is 24.1 Å². The summed E-state index contributed by atoms with van der Waals surface area (Å²) >= 11 is 0. The molecule has 0 aliphatic rings. The predicted molar refractivity (Wildman–Crippen MR) is 75.5 cm³/mol. The Morgan fingerprint density at radius 1 is 1.15 bits per heavy atom. The van der Waals surface area contributed by atoms with Crippen LogP contribution in [0.4, 0.5) is 0 Å². The van der Waals surface area contributed by atoms with Crippen molar-refractivity contribution in [2.24, 2.45) is 7.05 Å². The van der Waals surface area contributed by atoms with Gasteiger partial charge in [-0.05, 0) is 6.07 Å². The molecule has 0 aliphatic carbocycles. The third kappa shape index (κ3) is 1.36. The van der Waals surface area contributed by atoms with Crippen LogP contribution in [-0.2, 0) is 7.05 Å². The number of aromatic nitrogens is 5. The predicted octanol–water partition coefficient (Wildman–Crippen LogP) is 1.58. The number of aryl methyl sites for hydroxylation is 1. The molecule has 20 heavy (non-hydrogen) atoms. The first-order valence-electron chi connectivity index (χ1n) is 6.24. The summed E-state index contributed by atoms with van der Waals surface area (Å²) in [5, 5.41) is 5.21. The highest BCUT2D eigenvalue weighted by molar-refractivity contribution is 5.90. The summed E-state index contributed by atoms with van der Waals surface area (Å²) in [6, 6.07) is 11.5. The molecule has 1 aromatic carbocycles. The Bertz CT molecular complexity index is 977. The Morgan fingerprint density at radius 3 is 2.75 bits per heavy atom. The fraction of sp³-hybridized carbons (Fsp3) is 0.0714. The van der Waals surface area contributed by atoms with E-state index in [1.807, 2.05) is 36.4 Å². The topological polar surface area (TPSA) is 68.0 Å². The van der Waals surface area contributed by atoms with Gasteiger partial charge in [-0.2, -0.15) is 4.52 Å². The summed E-state index contributed by atoms with van der Waals surface area (Å²) in [4.78, 5) is 19.8. The molecule has 0 unspecified atom stereocenters. The summed E-state index contributed by atoms with van der Waals surface area (Å²) < 4.78 is 2.88. The van der Waals surface area contributed by atoms with Crippen LogP contribution in [0.5, 0.6) is 0 Å². The molecule has 4 rings (SSSR count). The van der Waals surface area contributed by atoms with Crippen molar-refractivity contribution in [2.75, 3.05) is 0 Å². The molecule has 0 amide bonds. The van der Waals surface area contributed by atoms with E-state index in [0.717, 1.165) is 16.6 Å². The van der Waals surface area contributed by atoms with E-state index in [0.29, 0.717) is 11.5 Å². The van der Waals surface area contributed by atoms with Crippen LogP contribution in [0.1, 0.15) is 0 Å². The van der Waals surface area contributed by atoms with Gasteiger partial charge in [-0.25, -0.2) is 9.78 Å². The smallest absolute Gasteiger partial charge is 0.347 e. The van der Waals surface area contributed by atoms with Gasteiger partial charge in [0.2, 0.25) is 0 Å². The molecule has 0 spiro atoms. The van der Waals surface area contributed by atoms with Gasteiger partial charge in [-0.15, -0.1) is 5.10 Å². The minimum Gasteiger partial charge on any atom is -0.347 e. The molecule has 1 N–H and O–H groups in total. The number of aromatic amines is 1. The zero-order chi connectivity index (χ0) is 13.7. The monoisotopic (exact) mass is 265 g/mol. The first kappa shape index (κ1) is 11.0. The molecular formula is C14H11N5O. The zero-order valence-corrected chi connectivity index (χ0v) is 10.7. The summed E-state index contributed by atoms with van der Waals surface area (Å²) in [6.07, 6.45) is 1.79. The fourth-order valence-corrected chi connectivity index (χ4v) is 2.39. The molecule has 0 fully saturated rings. The lowest BCUT2D eigenvalue weighted by atomic mass is 10.2. The molecule has 0 saturated heterocycles. The molecule has 0 bridgehead atoms. The largest absolute Gasteiger partial charge is 0.352 e. The Morgan fingerprint density at radius 2 is 1.95 bits per heavy atom. The molecule has 0 aliphatic heterocycles. The zero-order valence-electron chi connectivity index (χ0n) is 10.7. The highest BCUT2D eigenvalue weighted by Crippen LogP contribution is 2.19. The van der Waals surface area contributed by atoms with Gasteiger partial charge in [0.05, 0.1) is 5.39 Å². The maximum absolute atomic E-state index is 12.3. The average molecular weight is 265 g/mol. The lowest BCUT2D eigenvalue weighted by Crippen LogP contribution is -2.25. The number of rotatable bonds is 1. The molecule has 98 valence electrons. The molecular weight excluding hydrogens is 254 g/mol. The normalized spacial score (nSPS) is 11.4. The maximum atomic E-state index is 12.3. The third-order valence-corrected chi connectivity index (χ3v) is 3.41. The number of benzene rings is 1. The lowest BCUT2D eigenvalue weighted by Gasteiger charge is -2.00. The summed E-state index contributed by atoms with van der Waals surface area (Å²) in [5.41, 5.74) is 1.99.